The summed E-state index contributed by atoms with van der Waals surface area (Å²) in [6.45, 7) is 1.69. The van der Waals surface area contributed by atoms with Gasteiger partial charge in [-0.15, -0.1) is 0 Å². The minimum absolute atomic E-state index is 0.0456. The second-order valence-electron chi connectivity index (χ2n) is 5.59. The number of hydrogen-bond donors (Lipinski definition) is 2. The Morgan fingerprint density at radius 1 is 1.43 bits per heavy atom. The van der Waals surface area contributed by atoms with Gasteiger partial charge in [0.15, 0.2) is 0 Å². The number of morpholine rings is 1. The fourth-order valence-electron chi connectivity index (χ4n) is 2.57. The first-order chi connectivity index (χ1) is 10.2. The Balaban J connectivity index is 1.82. The average molecular weight is 293 g/mol. The Morgan fingerprint density at radius 2 is 2.24 bits per heavy atom. The number of amides is 1. The van der Waals surface area contributed by atoms with E-state index in [0.29, 0.717) is 31.5 Å². The minimum atomic E-state index is -0.410. The molecule has 1 aliphatic carbocycles. The summed E-state index contributed by atoms with van der Waals surface area (Å²) in [5.41, 5.74) is 7.01. The molecule has 0 radical (unpaired) electrons. The molecule has 1 heterocycles. The number of carbonyl (C=O) groups excluding carboxylic acids is 1. The molecule has 6 heteroatoms. The lowest BCUT2D eigenvalue weighted by Gasteiger charge is -2.36. The van der Waals surface area contributed by atoms with E-state index in [4.69, 9.17) is 10.5 Å². The molecule has 5 nitrogen and oxygen atoms in total. The van der Waals surface area contributed by atoms with Gasteiger partial charge >= 0.3 is 0 Å². The van der Waals surface area contributed by atoms with E-state index in [1.165, 1.54) is 12.1 Å². The van der Waals surface area contributed by atoms with Crippen LogP contribution in [0.3, 0.4) is 0 Å². The van der Waals surface area contributed by atoms with Gasteiger partial charge in [-0.05, 0) is 36.6 Å². The average Bonchev–Trinajstić information content (AvgIpc) is 3.30. The van der Waals surface area contributed by atoms with Gasteiger partial charge in [0.05, 0.1) is 13.2 Å². The van der Waals surface area contributed by atoms with Gasteiger partial charge in [0.2, 0.25) is 5.91 Å². The van der Waals surface area contributed by atoms with Gasteiger partial charge in [-0.3, -0.25) is 4.79 Å². The lowest BCUT2D eigenvalue weighted by molar-refractivity contribution is -0.124. The number of nitrogens with one attached hydrogen (secondary N) is 1. The molecule has 114 valence electrons. The fourth-order valence-corrected chi connectivity index (χ4v) is 2.57. The van der Waals surface area contributed by atoms with Crippen molar-refractivity contribution in [2.24, 2.45) is 5.73 Å². The van der Waals surface area contributed by atoms with Gasteiger partial charge in [0.1, 0.15) is 11.9 Å². The molecule has 3 N–H and O–H groups in total. The number of nitrogens with two attached hydrogens (primary N) is 1. The molecule has 3 rings (SSSR count). The maximum atomic E-state index is 13.7. The lowest BCUT2D eigenvalue weighted by atomic mass is 10.1. The van der Waals surface area contributed by atoms with Crippen LogP contribution in [0.4, 0.5) is 10.1 Å². The minimum Gasteiger partial charge on any atom is -0.377 e. The van der Waals surface area contributed by atoms with Crippen LogP contribution in [0, 0.1) is 5.82 Å². The van der Waals surface area contributed by atoms with Crippen molar-refractivity contribution in [3.8, 4) is 0 Å². The van der Waals surface area contributed by atoms with Crippen LogP contribution in [0.15, 0.2) is 18.2 Å². The molecular weight excluding hydrogens is 273 g/mol. The number of nitrogens with zero attached hydrogens (tertiary/aromatic N) is 1. The van der Waals surface area contributed by atoms with E-state index in [2.05, 4.69) is 5.32 Å². The summed E-state index contributed by atoms with van der Waals surface area (Å²) in [6.07, 6.45) is 2.08. The van der Waals surface area contributed by atoms with Gasteiger partial charge in [-0.1, -0.05) is 0 Å². The number of anilines is 1. The summed E-state index contributed by atoms with van der Waals surface area (Å²) in [5, 5.41) is 2.99. The van der Waals surface area contributed by atoms with Gasteiger partial charge in [-0.2, -0.15) is 0 Å². The molecule has 2 fully saturated rings. The third kappa shape index (κ3) is 3.33. The maximum absolute atomic E-state index is 13.7. The van der Waals surface area contributed by atoms with Crippen molar-refractivity contribution in [2.45, 2.75) is 31.5 Å². The number of hydrogen-bond acceptors (Lipinski definition) is 4. The third-order valence-electron chi connectivity index (χ3n) is 3.86. The summed E-state index contributed by atoms with van der Waals surface area (Å²) in [4.78, 5) is 14.2. The van der Waals surface area contributed by atoms with Crippen LogP contribution in [-0.4, -0.2) is 37.7 Å². The molecule has 1 atom stereocenters. The molecule has 0 aromatic heterocycles. The van der Waals surface area contributed by atoms with Crippen molar-refractivity contribution in [1.29, 1.82) is 0 Å². The highest BCUT2D eigenvalue weighted by Crippen LogP contribution is 2.24. The van der Waals surface area contributed by atoms with E-state index in [1.807, 2.05) is 11.0 Å². The summed E-state index contributed by atoms with van der Waals surface area (Å²) in [7, 11) is 0. The second kappa shape index (κ2) is 5.99. The van der Waals surface area contributed by atoms with Crippen LogP contribution in [0.1, 0.15) is 18.4 Å². The predicted molar refractivity (Wildman–Crippen MR) is 77.4 cm³/mol. The predicted octanol–water partition coefficient (Wildman–Crippen LogP) is 0.768. The standard InChI is InChI=1S/C15H20FN3O2/c16-11-5-10(8-17)6-13(7-11)19-3-4-21-9-14(19)15(20)18-12-1-2-12/h5-7,12,14H,1-4,8-9,17H2,(H,18,20). The fraction of sp³-hybridized carbons (Fsp3) is 0.533. The van der Waals surface area contributed by atoms with E-state index < -0.39 is 6.04 Å². The molecule has 1 amide bonds. The van der Waals surface area contributed by atoms with Gasteiger partial charge in [0, 0.05) is 24.8 Å². The number of ether oxygens (including phenoxy) is 1. The normalized spacial score (nSPS) is 22.2. The molecule has 0 spiro atoms. The van der Waals surface area contributed by atoms with Crippen molar-refractivity contribution in [2.75, 3.05) is 24.7 Å². The summed E-state index contributed by atoms with van der Waals surface area (Å²) >= 11 is 0. The highest BCUT2D eigenvalue weighted by molar-refractivity contribution is 5.86. The maximum Gasteiger partial charge on any atom is 0.245 e. The quantitative estimate of drug-likeness (QED) is 0.860. The Morgan fingerprint density at radius 3 is 2.95 bits per heavy atom. The Labute approximate surface area is 123 Å². The number of rotatable bonds is 4. The summed E-state index contributed by atoms with van der Waals surface area (Å²) < 4.78 is 19.1. The molecular formula is C15H20FN3O2. The van der Waals surface area contributed by atoms with Crippen molar-refractivity contribution in [1.82, 2.24) is 5.32 Å². The molecule has 1 aromatic rings. The zero-order valence-electron chi connectivity index (χ0n) is 11.8. The van der Waals surface area contributed by atoms with Crippen LogP contribution in [0.25, 0.3) is 0 Å². The first-order valence-electron chi connectivity index (χ1n) is 7.31. The zero-order chi connectivity index (χ0) is 14.8. The van der Waals surface area contributed by atoms with Gasteiger partial charge in [-0.25, -0.2) is 4.39 Å². The Bertz CT molecular complexity index is 534. The molecule has 1 aliphatic heterocycles. The largest absolute Gasteiger partial charge is 0.377 e. The molecule has 1 unspecified atom stereocenters. The van der Waals surface area contributed by atoms with Crippen molar-refractivity contribution in [3.05, 3.63) is 29.6 Å². The molecule has 1 saturated heterocycles. The SMILES string of the molecule is NCc1cc(F)cc(N2CCOCC2C(=O)NC2CC2)c1. The second-order valence-corrected chi connectivity index (χ2v) is 5.59. The molecule has 1 saturated carbocycles. The highest BCUT2D eigenvalue weighted by Gasteiger charge is 2.33. The smallest absolute Gasteiger partial charge is 0.245 e. The number of carbonyl (C=O) groups is 1. The molecule has 0 bridgehead atoms. The van der Waals surface area contributed by atoms with E-state index in [9.17, 15) is 9.18 Å². The molecule has 21 heavy (non-hydrogen) atoms. The first kappa shape index (κ1) is 14.3. The first-order valence-corrected chi connectivity index (χ1v) is 7.31. The van der Waals surface area contributed by atoms with Crippen LogP contribution in [-0.2, 0) is 16.1 Å². The zero-order valence-corrected chi connectivity index (χ0v) is 11.8. The summed E-state index contributed by atoms with van der Waals surface area (Å²) in [6, 6.07) is 4.59. The van der Waals surface area contributed by atoms with Gasteiger partial charge in [0.25, 0.3) is 0 Å². The van der Waals surface area contributed by atoms with Crippen molar-refractivity contribution < 1.29 is 13.9 Å². The Hall–Kier alpha value is -1.66. The van der Waals surface area contributed by atoms with Crippen LogP contribution < -0.4 is 16.0 Å². The van der Waals surface area contributed by atoms with Gasteiger partial charge < -0.3 is 20.7 Å². The van der Waals surface area contributed by atoms with E-state index in [1.54, 1.807) is 0 Å². The topological polar surface area (TPSA) is 67.6 Å². The number of halogens is 1. The summed E-state index contributed by atoms with van der Waals surface area (Å²) in [5.74, 6) is -0.378. The Kier molecular flexibility index (Phi) is 4.07. The third-order valence-corrected chi connectivity index (χ3v) is 3.86. The molecule has 1 aromatic carbocycles. The number of benzene rings is 1. The van der Waals surface area contributed by atoms with Crippen molar-refractivity contribution >= 4 is 11.6 Å². The highest BCUT2D eigenvalue weighted by atomic mass is 19.1. The van der Waals surface area contributed by atoms with Crippen LogP contribution in [0.2, 0.25) is 0 Å². The van der Waals surface area contributed by atoms with Crippen LogP contribution >= 0.6 is 0 Å². The van der Waals surface area contributed by atoms with Crippen molar-refractivity contribution in [3.63, 3.8) is 0 Å². The van der Waals surface area contributed by atoms with E-state index >= 15 is 0 Å². The monoisotopic (exact) mass is 293 g/mol. The van der Waals surface area contributed by atoms with Crippen LogP contribution in [0.5, 0.6) is 0 Å². The van der Waals surface area contributed by atoms with E-state index in [0.717, 1.165) is 18.4 Å². The van der Waals surface area contributed by atoms with E-state index in [-0.39, 0.29) is 18.3 Å². The lowest BCUT2D eigenvalue weighted by Crippen LogP contribution is -2.54. The molecule has 2 aliphatic rings.